The highest BCUT2D eigenvalue weighted by molar-refractivity contribution is 5.80. The van der Waals surface area contributed by atoms with Crippen LogP contribution in [0.25, 0.3) is 10.9 Å². The van der Waals surface area contributed by atoms with E-state index in [2.05, 4.69) is 34.9 Å². The first-order valence-corrected chi connectivity index (χ1v) is 4.70. The van der Waals surface area contributed by atoms with Crippen LogP contribution in [0.5, 0.6) is 0 Å². The average molecular weight is 190 g/mol. The zero-order chi connectivity index (χ0) is 9.97. The molecule has 0 aliphatic heterocycles. The summed E-state index contributed by atoms with van der Waals surface area (Å²) in [6.45, 7) is 2.62. The summed E-state index contributed by atoms with van der Waals surface area (Å²) in [7, 11) is 0. The van der Waals surface area contributed by atoms with Crippen molar-refractivity contribution in [3.63, 3.8) is 0 Å². The Morgan fingerprint density at radius 3 is 2.93 bits per heavy atom. The van der Waals surface area contributed by atoms with Gasteiger partial charge in [0, 0.05) is 17.1 Å². The normalized spacial score (nSPS) is 13.3. The van der Waals surface area contributed by atoms with Crippen LogP contribution >= 0.6 is 0 Å². The number of nitrogens with one attached hydrogen (secondary N) is 1. The maximum atomic E-state index is 5.05. The van der Waals surface area contributed by atoms with E-state index in [9.17, 15) is 0 Å². The molecule has 0 amide bonds. The Balaban J connectivity index is 2.35. The molecule has 1 aromatic carbocycles. The van der Waals surface area contributed by atoms with E-state index in [1.165, 1.54) is 5.39 Å². The molecule has 2 rings (SSSR count). The van der Waals surface area contributed by atoms with Crippen molar-refractivity contribution in [2.45, 2.75) is 12.8 Å². The van der Waals surface area contributed by atoms with Crippen LogP contribution in [0.4, 0.5) is 0 Å². The minimum Gasteiger partial charge on any atom is -0.358 e. The number of benzene rings is 1. The monoisotopic (exact) mass is 190 g/mol. The van der Waals surface area contributed by atoms with Crippen LogP contribution in [0.2, 0.25) is 0 Å². The van der Waals surface area contributed by atoms with Gasteiger partial charge in [0.2, 0.25) is 0 Å². The van der Waals surface area contributed by atoms with Crippen LogP contribution in [0.1, 0.15) is 18.5 Å². The SMILES string of the molecule is CC(CON)c1cc2ccccc2[nH]1. The zero-order valence-corrected chi connectivity index (χ0v) is 8.16. The van der Waals surface area contributed by atoms with Gasteiger partial charge in [-0.1, -0.05) is 25.1 Å². The van der Waals surface area contributed by atoms with Crippen LogP contribution in [-0.4, -0.2) is 11.6 Å². The Kier molecular flexibility index (Phi) is 2.52. The van der Waals surface area contributed by atoms with Crippen LogP contribution < -0.4 is 5.90 Å². The lowest BCUT2D eigenvalue weighted by molar-refractivity contribution is 0.126. The average Bonchev–Trinajstić information content (AvgIpc) is 2.61. The molecule has 3 N–H and O–H groups in total. The summed E-state index contributed by atoms with van der Waals surface area (Å²) in [4.78, 5) is 7.98. The number of hydrogen-bond acceptors (Lipinski definition) is 2. The van der Waals surface area contributed by atoms with Gasteiger partial charge in [0.25, 0.3) is 0 Å². The molecule has 0 radical (unpaired) electrons. The minimum absolute atomic E-state index is 0.299. The molecule has 3 nitrogen and oxygen atoms in total. The zero-order valence-electron chi connectivity index (χ0n) is 8.16. The maximum absolute atomic E-state index is 5.05. The molecular formula is C11H14N2O. The van der Waals surface area contributed by atoms with Gasteiger partial charge in [0.05, 0.1) is 6.61 Å². The lowest BCUT2D eigenvalue weighted by Gasteiger charge is -2.06. The van der Waals surface area contributed by atoms with E-state index in [0.29, 0.717) is 12.5 Å². The largest absolute Gasteiger partial charge is 0.358 e. The quantitative estimate of drug-likeness (QED) is 0.729. The predicted molar refractivity (Wildman–Crippen MR) is 56.9 cm³/mol. The van der Waals surface area contributed by atoms with Gasteiger partial charge >= 0.3 is 0 Å². The predicted octanol–water partition coefficient (Wildman–Crippen LogP) is 2.16. The maximum Gasteiger partial charge on any atom is 0.0759 e. The molecule has 0 spiro atoms. The molecule has 0 aliphatic rings. The number of aromatic amines is 1. The van der Waals surface area contributed by atoms with Crippen LogP contribution in [0, 0.1) is 0 Å². The number of aromatic nitrogens is 1. The van der Waals surface area contributed by atoms with E-state index in [1.807, 2.05) is 12.1 Å². The van der Waals surface area contributed by atoms with Gasteiger partial charge in [-0.05, 0) is 17.5 Å². The summed E-state index contributed by atoms with van der Waals surface area (Å²) in [5.74, 6) is 5.35. The second-order valence-electron chi connectivity index (χ2n) is 3.55. The number of fused-ring (bicyclic) bond motifs is 1. The van der Waals surface area contributed by atoms with Gasteiger partial charge in [-0.3, -0.25) is 0 Å². The summed E-state index contributed by atoms with van der Waals surface area (Å²) in [6, 6.07) is 10.3. The third-order valence-corrected chi connectivity index (χ3v) is 2.43. The summed E-state index contributed by atoms with van der Waals surface area (Å²) in [5.41, 5.74) is 2.32. The van der Waals surface area contributed by atoms with Crippen molar-refractivity contribution in [1.82, 2.24) is 4.98 Å². The molecule has 14 heavy (non-hydrogen) atoms. The van der Waals surface area contributed by atoms with Gasteiger partial charge in [-0.2, -0.15) is 0 Å². The van der Waals surface area contributed by atoms with E-state index in [0.717, 1.165) is 11.2 Å². The van der Waals surface area contributed by atoms with Gasteiger partial charge in [-0.15, -0.1) is 0 Å². The van der Waals surface area contributed by atoms with E-state index in [4.69, 9.17) is 5.90 Å². The highest BCUT2D eigenvalue weighted by atomic mass is 16.6. The fraction of sp³-hybridized carbons (Fsp3) is 0.273. The van der Waals surface area contributed by atoms with E-state index in [1.54, 1.807) is 0 Å². The van der Waals surface area contributed by atoms with Crippen LogP contribution in [-0.2, 0) is 4.84 Å². The molecule has 1 aromatic heterocycles. The highest BCUT2D eigenvalue weighted by Crippen LogP contribution is 2.20. The van der Waals surface area contributed by atoms with Crippen molar-refractivity contribution in [2.75, 3.05) is 6.61 Å². The molecule has 1 heterocycles. The lowest BCUT2D eigenvalue weighted by atomic mass is 10.1. The second-order valence-corrected chi connectivity index (χ2v) is 3.55. The van der Waals surface area contributed by atoms with E-state index >= 15 is 0 Å². The van der Waals surface area contributed by atoms with E-state index in [-0.39, 0.29) is 0 Å². The summed E-state index contributed by atoms with van der Waals surface area (Å²) in [5, 5.41) is 1.23. The molecule has 0 bridgehead atoms. The summed E-state index contributed by atoms with van der Waals surface area (Å²) >= 11 is 0. The molecule has 0 fully saturated rings. The van der Waals surface area contributed by atoms with Crippen LogP contribution in [0.3, 0.4) is 0 Å². The second kappa shape index (κ2) is 3.82. The first kappa shape index (κ1) is 9.24. The number of nitrogens with two attached hydrogens (primary N) is 1. The number of hydrogen-bond donors (Lipinski definition) is 2. The molecule has 3 heteroatoms. The third kappa shape index (κ3) is 1.64. The molecule has 0 aliphatic carbocycles. The van der Waals surface area contributed by atoms with Gasteiger partial charge in [0.1, 0.15) is 0 Å². The van der Waals surface area contributed by atoms with Gasteiger partial charge in [-0.25, -0.2) is 5.90 Å². The molecule has 1 atom stereocenters. The Hall–Kier alpha value is -1.32. The number of para-hydroxylation sites is 1. The fourth-order valence-electron chi connectivity index (χ4n) is 1.60. The Bertz CT molecular complexity index is 389. The fourth-order valence-corrected chi connectivity index (χ4v) is 1.60. The summed E-state index contributed by atoms with van der Waals surface area (Å²) in [6.07, 6.45) is 0. The Labute approximate surface area is 82.8 Å². The lowest BCUT2D eigenvalue weighted by Crippen LogP contribution is -2.08. The van der Waals surface area contributed by atoms with Crippen molar-refractivity contribution >= 4 is 10.9 Å². The molecular weight excluding hydrogens is 176 g/mol. The van der Waals surface area contributed by atoms with E-state index < -0.39 is 0 Å². The number of rotatable bonds is 3. The number of H-pyrrole nitrogens is 1. The Morgan fingerprint density at radius 1 is 1.43 bits per heavy atom. The van der Waals surface area contributed by atoms with Crippen LogP contribution in [0.15, 0.2) is 30.3 Å². The minimum atomic E-state index is 0.299. The van der Waals surface area contributed by atoms with Crippen molar-refractivity contribution in [1.29, 1.82) is 0 Å². The van der Waals surface area contributed by atoms with Crippen molar-refractivity contribution in [2.24, 2.45) is 5.90 Å². The Morgan fingerprint density at radius 2 is 2.21 bits per heavy atom. The summed E-state index contributed by atoms with van der Waals surface area (Å²) < 4.78 is 0. The molecule has 0 saturated heterocycles. The smallest absolute Gasteiger partial charge is 0.0759 e. The molecule has 0 saturated carbocycles. The first-order chi connectivity index (χ1) is 6.81. The third-order valence-electron chi connectivity index (χ3n) is 2.43. The van der Waals surface area contributed by atoms with Crippen molar-refractivity contribution < 1.29 is 4.84 Å². The first-order valence-electron chi connectivity index (χ1n) is 4.70. The molecule has 2 aromatic rings. The van der Waals surface area contributed by atoms with Crippen molar-refractivity contribution in [3.8, 4) is 0 Å². The molecule has 74 valence electrons. The standard InChI is InChI=1S/C11H14N2O/c1-8(7-14-12)11-6-9-4-2-3-5-10(9)13-11/h2-6,8,13H,7,12H2,1H3. The van der Waals surface area contributed by atoms with Gasteiger partial charge in [0.15, 0.2) is 0 Å². The van der Waals surface area contributed by atoms with Gasteiger partial charge < -0.3 is 9.82 Å². The van der Waals surface area contributed by atoms with Crippen molar-refractivity contribution in [3.05, 3.63) is 36.0 Å². The topological polar surface area (TPSA) is 51.0 Å². The molecule has 1 unspecified atom stereocenters. The highest BCUT2D eigenvalue weighted by Gasteiger charge is 2.08.